The normalized spacial score (nSPS) is 19.2. The van der Waals surface area contributed by atoms with Crippen molar-refractivity contribution in [2.75, 3.05) is 4.90 Å². The standard InChI is InChI=1S/C16H19NO3S/c1-10(18)21-13-9-14(19)17(15(13)20)12-7-5-11(6-8-12)16(2,3)4/h5-8,13H,9H2,1-4H3/t13-/m1/s1. The molecule has 1 aliphatic rings. The van der Waals surface area contributed by atoms with Crippen LogP contribution in [0.2, 0.25) is 0 Å². The quantitative estimate of drug-likeness (QED) is 0.788. The van der Waals surface area contributed by atoms with Crippen molar-refractivity contribution < 1.29 is 14.4 Å². The van der Waals surface area contributed by atoms with Gasteiger partial charge in [-0.25, -0.2) is 4.90 Å². The Labute approximate surface area is 128 Å². The number of nitrogens with zero attached hydrogens (tertiary/aromatic N) is 1. The maximum absolute atomic E-state index is 12.3. The van der Waals surface area contributed by atoms with Gasteiger partial charge in [0.15, 0.2) is 5.12 Å². The van der Waals surface area contributed by atoms with Crippen LogP contribution >= 0.6 is 11.8 Å². The van der Waals surface area contributed by atoms with E-state index in [-0.39, 0.29) is 28.8 Å². The van der Waals surface area contributed by atoms with Gasteiger partial charge >= 0.3 is 0 Å². The first-order valence-corrected chi connectivity index (χ1v) is 7.72. The lowest BCUT2D eigenvalue weighted by Crippen LogP contribution is -2.31. The van der Waals surface area contributed by atoms with Crippen molar-refractivity contribution in [1.82, 2.24) is 0 Å². The van der Waals surface area contributed by atoms with Crippen LogP contribution in [0, 0.1) is 0 Å². The Morgan fingerprint density at radius 1 is 1.19 bits per heavy atom. The first-order chi connectivity index (χ1) is 9.70. The Morgan fingerprint density at radius 2 is 1.76 bits per heavy atom. The van der Waals surface area contributed by atoms with Gasteiger partial charge in [-0.15, -0.1) is 0 Å². The Hall–Kier alpha value is -1.62. The highest BCUT2D eigenvalue weighted by atomic mass is 32.2. The molecule has 2 rings (SSSR count). The van der Waals surface area contributed by atoms with Gasteiger partial charge in [-0.1, -0.05) is 44.7 Å². The molecular formula is C16H19NO3S. The summed E-state index contributed by atoms with van der Waals surface area (Å²) in [6, 6.07) is 7.44. The minimum atomic E-state index is -0.586. The molecule has 21 heavy (non-hydrogen) atoms. The minimum Gasteiger partial charge on any atom is -0.288 e. The number of hydrogen-bond donors (Lipinski definition) is 0. The molecule has 0 bridgehead atoms. The fraction of sp³-hybridized carbons (Fsp3) is 0.438. The number of rotatable bonds is 2. The molecule has 0 radical (unpaired) electrons. The molecule has 1 aromatic rings. The minimum absolute atomic E-state index is 0.0184. The molecule has 0 aliphatic carbocycles. The van der Waals surface area contributed by atoms with Gasteiger partial charge in [0, 0.05) is 13.3 Å². The summed E-state index contributed by atoms with van der Waals surface area (Å²) in [6.07, 6.45) is 0.0874. The third-order valence-electron chi connectivity index (χ3n) is 3.40. The Morgan fingerprint density at radius 3 is 2.24 bits per heavy atom. The summed E-state index contributed by atoms with van der Waals surface area (Å²) in [5.74, 6) is -0.550. The van der Waals surface area contributed by atoms with E-state index in [0.29, 0.717) is 5.69 Å². The molecule has 5 heteroatoms. The van der Waals surface area contributed by atoms with Crippen LogP contribution < -0.4 is 4.90 Å². The van der Waals surface area contributed by atoms with Crippen LogP contribution in [0.15, 0.2) is 24.3 Å². The van der Waals surface area contributed by atoms with Crippen LogP contribution in [0.3, 0.4) is 0 Å². The Bertz CT molecular complexity index is 587. The smallest absolute Gasteiger partial charge is 0.247 e. The zero-order chi connectivity index (χ0) is 15.8. The van der Waals surface area contributed by atoms with Crippen molar-refractivity contribution in [3.05, 3.63) is 29.8 Å². The van der Waals surface area contributed by atoms with Crippen molar-refractivity contribution in [3.63, 3.8) is 0 Å². The second-order valence-electron chi connectivity index (χ2n) is 6.17. The van der Waals surface area contributed by atoms with E-state index >= 15 is 0 Å². The molecule has 1 saturated heterocycles. The molecule has 1 aliphatic heterocycles. The number of carbonyl (C=O) groups is 3. The second-order valence-corrected chi connectivity index (χ2v) is 7.55. The highest BCUT2D eigenvalue weighted by Crippen LogP contribution is 2.31. The van der Waals surface area contributed by atoms with Crippen LogP contribution in [-0.2, 0) is 19.8 Å². The van der Waals surface area contributed by atoms with Crippen molar-refractivity contribution >= 4 is 34.4 Å². The zero-order valence-electron chi connectivity index (χ0n) is 12.7. The molecule has 0 aromatic heterocycles. The topological polar surface area (TPSA) is 54.5 Å². The average molecular weight is 305 g/mol. The van der Waals surface area contributed by atoms with E-state index in [9.17, 15) is 14.4 Å². The number of hydrogen-bond acceptors (Lipinski definition) is 4. The van der Waals surface area contributed by atoms with Crippen molar-refractivity contribution in [1.29, 1.82) is 0 Å². The van der Waals surface area contributed by atoms with Crippen LogP contribution in [0.5, 0.6) is 0 Å². The highest BCUT2D eigenvalue weighted by Gasteiger charge is 2.40. The van der Waals surface area contributed by atoms with Crippen LogP contribution in [0.4, 0.5) is 5.69 Å². The summed E-state index contributed by atoms with van der Waals surface area (Å²) in [7, 11) is 0. The predicted octanol–water partition coefficient (Wildman–Crippen LogP) is 2.90. The maximum atomic E-state index is 12.3. The predicted molar refractivity (Wildman–Crippen MR) is 84.3 cm³/mol. The van der Waals surface area contributed by atoms with Gasteiger partial charge in [-0.2, -0.15) is 0 Å². The number of thioether (sulfide) groups is 1. The third-order valence-corrected chi connectivity index (χ3v) is 4.39. The Kier molecular flexibility index (Phi) is 4.23. The molecular weight excluding hydrogens is 286 g/mol. The Balaban J connectivity index is 2.24. The molecule has 112 valence electrons. The molecule has 1 aromatic carbocycles. The van der Waals surface area contributed by atoms with Crippen LogP contribution in [-0.4, -0.2) is 22.2 Å². The molecule has 4 nitrogen and oxygen atoms in total. The van der Waals surface area contributed by atoms with Gasteiger partial charge in [0.25, 0.3) is 0 Å². The van der Waals surface area contributed by atoms with E-state index < -0.39 is 5.25 Å². The number of imide groups is 1. The first-order valence-electron chi connectivity index (χ1n) is 6.84. The largest absolute Gasteiger partial charge is 0.288 e. The van der Waals surface area contributed by atoms with E-state index in [4.69, 9.17) is 0 Å². The van der Waals surface area contributed by atoms with Crippen LogP contribution in [0.25, 0.3) is 0 Å². The monoisotopic (exact) mass is 305 g/mol. The summed E-state index contributed by atoms with van der Waals surface area (Å²) in [6.45, 7) is 7.72. The lowest BCUT2D eigenvalue weighted by molar-refractivity contribution is -0.121. The van der Waals surface area contributed by atoms with E-state index in [1.807, 2.05) is 12.1 Å². The molecule has 1 heterocycles. The summed E-state index contributed by atoms with van der Waals surface area (Å²) in [4.78, 5) is 36.6. The van der Waals surface area contributed by atoms with Gasteiger partial charge in [-0.05, 0) is 23.1 Å². The molecule has 1 fully saturated rings. The summed E-state index contributed by atoms with van der Waals surface area (Å²) < 4.78 is 0. The number of amides is 2. The van der Waals surface area contributed by atoms with E-state index in [1.54, 1.807) is 12.1 Å². The molecule has 0 saturated carbocycles. The van der Waals surface area contributed by atoms with E-state index in [1.165, 1.54) is 11.8 Å². The fourth-order valence-corrected chi connectivity index (χ4v) is 3.11. The molecule has 1 atom stereocenters. The molecule has 0 unspecified atom stereocenters. The average Bonchev–Trinajstić information content (AvgIpc) is 2.63. The number of benzene rings is 1. The summed E-state index contributed by atoms with van der Waals surface area (Å²) >= 11 is 0.929. The van der Waals surface area contributed by atoms with Gasteiger partial charge in [0.05, 0.1) is 5.69 Å². The first kappa shape index (κ1) is 15.8. The summed E-state index contributed by atoms with van der Waals surface area (Å²) in [5.41, 5.74) is 1.73. The van der Waals surface area contributed by atoms with Gasteiger partial charge in [0.2, 0.25) is 11.8 Å². The lowest BCUT2D eigenvalue weighted by atomic mass is 9.87. The third kappa shape index (κ3) is 3.35. The second kappa shape index (κ2) is 5.64. The molecule has 0 N–H and O–H groups in total. The fourth-order valence-electron chi connectivity index (χ4n) is 2.28. The maximum Gasteiger partial charge on any atom is 0.247 e. The molecule has 0 spiro atoms. The van der Waals surface area contributed by atoms with Crippen LogP contribution in [0.1, 0.15) is 39.7 Å². The summed E-state index contributed by atoms with van der Waals surface area (Å²) in [5, 5.41) is -0.733. The number of carbonyl (C=O) groups excluding carboxylic acids is 3. The highest BCUT2D eigenvalue weighted by molar-refractivity contribution is 8.14. The van der Waals surface area contributed by atoms with Gasteiger partial charge in [0.1, 0.15) is 5.25 Å². The van der Waals surface area contributed by atoms with Gasteiger partial charge < -0.3 is 0 Å². The lowest BCUT2D eigenvalue weighted by Gasteiger charge is -2.21. The molecule has 2 amide bonds. The van der Waals surface area contributed by atoms with E-state index in [0.717, 1.165) is 17.3 Å². The van der Waals surface area contributed by atoms with Crippen molar-refractivity contribution in [2.45, 2.75) is 44.8 Å². The van der Waals surface area contributed by atoms with E-state index in [2.05, 4.69) is 20.8 Å². The van der Waals surface area contributed by atoms with Crippen molar-refractivity contribution in [2.24, 2.45) is 0 Å². The van der Waals surface area contributed by atoms with Gasteiger partial charge in [-0.3, -0.25) is 14.4 Å². The zero-order valence-corrected chi connectivity index (χ0v) is 13.5. The number of anilines is 1. The SMILES string of the molecule is CC(=O)S[C@@H]1CC(=O)N(c2ccc(C(C)(C)C)cc2)C1=O. The van der Waals surface area contributed by atoms with Crippen molar-refractivity contribution in [3.8, 4) is 0 Å².